The number of ether oxygens (including phenoxy) is 1. The van der Waals surface area contributed by atoms with E-state index in [-0.39, 0.29) is 46.3 Å². The number of carboxylic acid groups (broad SMARTS) is 1. The minimum Gasteiger partial charge on any atom is -1.00 e. The molecule has 1 heterocycles. The monoisotopic (exact) mass is 237 g/mol. The van der Waals surface area contributed by atoms with Crippen molar-refractivity contribution in [3.63, 3.8) is 0 Å². The Morgan fingerprint density at radius 3 is 2.80 bits per heavy atom. The number of pyridine rings is 1. The molecular weight excluding hydrogens is 222 g/mol. The van der Waals surface area contributed by atoms with Crippen LogP contribution in [0.15, 0.2) is 18.3 Å². The van der Waals surface area contributed by atoms with E-state index in [1.807, 2.05) is 0 Å². The van der Waals surface area contributed by atoms with Gasteiger partial charge in [0, 0.05) is 0 Å². The van der Waals surface area contributed by atoms with Gasteiger partial charge in [-0.1, -0.05) is 13.3 Å². The summed E-state index contributed by atoms with van der Waals surface area (Å²) in [5.74, 6) is -0.409. The summed E-state index contributed by atoms with van der Waals surface area (Å²) in [7, 11) is 0. The number of carboxylic acids is 1. The van der Waals surface area contributed by atoms with Crippen molar-refractivity contribution < 1.29 is 17.5 Å². The van der Waals surface area contributed by atoms with Crippen molar-refractivity contribution in [3.8, 4) is 5.75 Å². The smallest absolute Gasteiger partial charge is 1.00 e. The summed E-state index contributed by atoms with van der Waals surface area (Å²) in [5, 5.41) is 8.59. The van der Waals surface area contributed by atoms with E-state index in [1.54, 1.807) is 6.07 Å². The maximum absolute atomic E-state index is 10.5. The minimum atomic E-state index is -1.02. The van der Waals surface area contributed by atoms with Gasteiger partial charge in [0.25, 0.3) is 0 Å². The molecule has 0 unspecified atom stereocenters. The molecule has 0 saturated carbocycles. The van der Waals surface area contributed by atoms with Crippen molar-refractivity contribution >= 4 is 43.7 Å². The summed E-state index contributed by atoms with van der Waals surface area (Å²) >= 11 is 0. The molecule has 0 aliphatic rings. The van der Waals surface area contributed by atoms with Crippen molar-refractivity contribution in [2.24, 2.45) is 0 Å². The van der Waals surface area contributed by atoms with Gasteiger partial charge in [-0.25, -0.2) is 9.78 Å². The van der Waals surface area contributed by atoms with Gasteiger partial charge in [-0.15, -0.1) is 0 Å². The first-order valence-electron chi connectivity index (χ1n) is 4.56. The SMILES string of the molecule is CCCCOc1ccc(C(=O)O)nc1.[Ca+2].[H-].[H-]. The van der Waals surface area contributed by atoms with E-state index >= 15 is 0 Å². The van der Waals surface area contributed by atoms with Crippen LogP contribution in [-0.2, 0) is 0 Å². The predicted molar refractivity (Wildman–Crippen MR) is 59.6 cm³/mol. The summed E-state index contributed by atoms with van der Waals surface area (Å²) in [6.07, 6.45) is 3.49. The molecule has 1 aromatic rings. The second-order valence-corrected chi connectivity index (χ2v) is 2.89. The second kappa shape index (κ2) is 7.91. The molecule has 0 bridgehead atoms. The third-order valence-electron chi connectivity index (χ3n) is 1.72. The molecule has 0 radical (unpaired) electrons. The zero-order chi connectivity index (χ0) is 10.4. The normalized spacial score (nSPS) is 9.13. The molecule has 5 heteroatoms. The average molecular weight is 237 g/mol. The first-order chi connectivity index (χ1) is 6.74. The molecule has 0 saturated heterocycles. The largest absolute Gasteiger partial charge is 2.00 e. The number of nitrogens with zero attached hydrogens (tertiary/aromatic N) is 1. The van der Waals surface area contributed by atoms with E-state index in [2.05, 4.69) is 11.9 Å². The molecule has 0 aromatic carbocycles. The van der Waals surface area contributed by atoms with E-state index < -0.39 is 5.97 Å². The maximum Gasteiger partial charge on any atom is 2.00 e. The van der Waals surface area contributed by atoms with Crippen LogP contribution in [0.1, 0.15) is 33.1 Å². The van der Waals surface area contributed by atoms with Crippen LogP contribution in [0.3, 0.4) is 0 Å². The van der Waals surface area contributed by atoms with Gasteiger partial charge in [-0.2, -0.15) is 0 Å². The van der Waals surface area contributed by atoms with Crippen LogP contribution in [0.4, 0.5) is 0 Å². The molecule has 80 valence electrons. The van der Waals surface area contributed by atoms with Gasteiger partial charge in [-0.05, 0) is 18.6 Å². The molecule has 0 amide bonds. The Kier molecular flexibility index (Phi) is 7.74. The molecule has 0 fully saturated rings. The van der Waals surface area contributed by atoms with Crippen LogP contribution in [0.5, 0.6) is 5.75 Å². The van der Waals surface area contributed by atoms with E-state index in [0.717, 1.165) is 12.8 Å². The van der Waals surface area contributed by atoms with Crippen LogP contribution < -0.4 is 4.74 Å². The van der Waals surface area contributed by atoms with Gasteiger partial charge in [-0.3, -0.25) is 0 Å². The van der Waals surface area contributed by atoms with Gasteiger partial charge < -0.3 is 12.7 Å². The Hall–Kier alpha value is -0.320. The molecule has 0 aliphatic heterocycles. The second-order valence-electron chi connectivity index (χ2n) is 2.89. The van der Waals surface area contributed by atoms with E-state index in [1.165, 1.54) is 12.3 Å². The predicted octanol–water partition coefficient (Wildman–Crippen LogP) is 1.80. The first-order valence-corrected chi connectivity index (χ1v) is 4.56. The quantitative estimate of drug-likeness (QED) is 0.626. The number of rotatable bonds is 5. The first kappa shape index (κ1) is 14.7. The number of aromatic nitrogens is 1. The van der Waals surface area contributed by atoms with Crippen molar-refractivity contribution in [3.05, 3.63) is 24.0 Å². The molecule has 0 atom stereocenters. The van der Waals surface area contributed by atoms with E-state index in [4.69, 9.17) is 9.84 Å². The third kappa shape index (κ3) is 5.35. The Morgan fingerprint density at radius 2 is 2.33 bits per heavy atom. The standard InChI is InChI=1S/C10H13NO3.Ca.2H/c1-2-3-6-14-8-4-5-9(10(12)13)11-7-8;;;/h4-5,7H,2-3,6H2,1H3,(H,12,13);;;/q;+2;2*-1. The summed E-state index contributed by atoms with van der Waals surface area (Å²) in [6, 6.07) is 3.05. The molecule has 1 rings (SSSR count). The van der Waals surface area contributed by atoms with E-state index in [9.17, 15) is 4.79 Å². The summed E-state index contributed by atoms with van der Waals surface area (Å²) in [4.78, 5) is 14.2. The number of carbonyl (C=O) groups is 1. The van der Waals surface area contributed by atoms with Crippen LogP contribution in [-0.4, -0.2) is 60.4 Å². The van der Waals surface area contributed by atoms with Gasteiger partial charge in [0.2, 0.25) is 0 Å². The fourth-order valence-corrected chi connectivity index (χ4v) is 0.927. The van der Waals surface area contributed by atoms with Crippen molar-refractivity contribution in [1.82, 2.24) is 4.98 Å². The molecule has 0 aliphatic carbocycles. The van der Waals surface area contributed by atoms with Crippen LogP contribution >= 0.6 is 0 Å². The summed E-state index contributed by atoms with van der Waals surface area (Å²) in [6.45, 7) is 2.72. The topological polar surface area (TPSA) is 59.4 Å². The number of hydrogen-bond donors (Lipinski definition) is 1. The number of unbranched alkanes of at least 4 members (excludes halogenated alkanes) is 1. The molecule has 1 N–H and O–H groups in total. The molecule has 15 heavy (non-hydrogen) atoms. The Balaban J connectivity index is -0.000000653. The molecule has 0 spiro atoms. The Bertz CT molecular complexity index is 309. The van der Waals surface area contributed by atoms with Crippen molar-refractivity contribution in [1.29, 1.82) is 0 Å². The van der Waals surface area contributed by atoms with Crippen LogP contribution in [0.25, 0.3) is 0 Å². The van der Waals surface area contributed by atoms with Crippen molar-refractivity contribution in [2.45, 2.75) is 19.8 Å². The van der Waals surface area contributed by atoms with Crippen molar-refractivity contribution in [2.75, 3.05) is 6.61 Å². The maximum atomic E-state index is 10.5. The minimum absolute atomic E-state index is 0. The fourth-order valence-electron chi connectivity index (χ4n) is 0.927. The zero-order valence-corrected chi connectivity index (χ0v) is 11.0. The molecule has 1 aromatic heterocycles. The van der Waals surface area contributed by atoms with Crippen LogP contribution in [0.2, 0.25) is 0 Å². The summed E-state index contributed by atoms with van der Waals surface area (Å²) < 4.78 is 5.33. The molecular formula is C10H15CaNO3. The zero-order valence-electron chi connectivity index (χ0n) is 10.8. The van der Waals surface area contributed by atoms with E-state index in [0.29, 0.717) is 12.4 Å². The number of hydrogen-bond acceptors (Lipinski definition) is 3. The Morgan fingerprint density at radius 1 is 1.60 bits per heavy atom. The van der Waals surface area contributed by atoms with Gasteiger partial charge in [0.05, 0.1) is 12.8 Å². The van der Waals surface area contributed by atoms with Gasteiger partial charge in [0.1, 0.15) is 11.4 Å². The summed E-state index contributed by atoms with van der Waals surface area (Å²) in [5.41, 5.74) is 0.0350. The average Bonchev–Trinajstić information content (AvgIpc) is 2.19. The number of aromatic carboxylic acids is 1. The van der Waals surface area contributed by atoms with Gasteiger partial charge in [0.15, 0.2) is 0 Å². The van der Waals surface area contributed by atoms with Crippen LogP contribution in [0, 0.1) is 0 Å². The fraction of sp³-hybridized carbons (Fsp3) is 0.400. The third-order valence-corrected chi connectivity index (χ3v) is 1.72. The molecule has 4 nitrogen and oxygen atoms in total. The van der Waals surface area contributed by atoms with Gasteiger partial charge >= 0.3 is 43.7 Å². The Labute approximate surface area is 122 Å².